The molecule has 0 unspecified atom stereocenters. The SMILES string of the molecule is CCCC(CCC)C(=O)NCc1ccc(C(=O)c2cccs2)s1. The number of amides is 1. The van der Waals surface area contributed by atoms with Crippen LogP contribution < -0.4 is 5.32 Å². The molecule has 0 atom stereocenters. The molecule has 0 fully saturated rings. The first kappa shape index (κ1) is 17.9. The molecule has 0 saturated heterocycles. The molecule has 3 nitrogen and oxygen atoms in total. The Labute approximate surface area is 145 Å². The molecule has 0 aliphatic rings. The van der Waals surface area contributed by atoms with E-state index >= 15 is 0 Å². The molecule has 0 aliphatic heterocycles. The van der Waals surface area contributed by atoms with Crippen molar-refractivity contribution in [3.63, 3.8) is 0 Å². The van der Waals surface area contributed by atoms with Crippen LogP contribution in [0.3, 0.4) is 0 Å². The Morgan fingerprint density at radius 3 is 2.43 bits per heavy atom. The Kier molecular flexibility index (Phi) is 6.99. The Morgan fingerprint density at radius 2 is 1.83 bits per heavy atom. The van der Waals surface area contributed by atoms with Crippen molar-refractivity contribution in [2.24, 2.45) is 5.92 Å². The van der Waals surface area contributed by atoms with E-state index < -0.39 is 0 Å². The normalized spacial score (nSPS) is 10.9. The van der Waals surface area contributed by atoms with Gasteiger partial charge < -0.3 is 5.32 Å². The van der Waals surface area contributed by atoms with Crippen LogP contribution >= 0.6 is 22.7 Å². The second kappa shape index (κ2) is 8.99. The number of nitrogens with one attached hydrogen (secondary N) is 1. The number of hydrogen-bond acceptors (Lipinski definition) is 4. The molecule has 2 aromatic heterocycles. The highest BCUT2D eigenvalue weighted by molar-refractivity contribution is 7.16. The summed E-state index contributed by atoms with van der Waals surface area (Å²) in [7, 11) is 0. The summed E-state index contributed by atoms with van der Waals surface area (Å²) >= 11 is 2.92. The van der Waals surface area contributed by atoms with Gasteiger partial charge in [-0.2, -0.15) is 0 Å². The van der Waals surface area contributed by atoms with Crippen LogP contribution in [0, 0.1) is 5.92 Å². The first-order chi connectivity index (χ1) is 11.2. The minimum atomic E-state index is 0.0671. The maximum absolute atomic E-state index is 12.3. The van der Waals surface area contributed by atoms with Crippen molar-refractivity contribution in [2.75, 3.05) is 0 Å². The predicted octanol–water partition coefficient (Wildman–Crippen LogP) is 4.87. The van der Waals surface area contributed by atoms with E-state index in [1.165, 1.54) is 22.7 Å². The molecule has 0 spiro atoms. The van der Waals surface area contributed by atoms with Crippen molar-refractivity contribution in [1.29, 1.82) is 0 Å². The lowest BCUT2D eigenvalue weighted by atomic mass is 9.97. The quantitative estimate of drug-likeness (QED) is 0.656. The summed E-state index contributed by atoms with van der Waals surface area (Å²) < 4.78 is 0. The summed E-state index contributed by atoms with van der Waals surface area (Å²) in [6.07, 6.45) is 3.92. The third-order valence-electron chi connectivity index (χ3n) is 3.71. The number of thiophene rings is 2. The van der Waals surface area contributed by atoms with Gasteiger partial charge in [-0.1, -0.05) is 32.8 Å². The molecule has 1 N–H and O–H groups in total. The highest BCUT2D eigenvalue weighted by atomic mass is 32.1. The van der Waals surface area contributed by atoms with Crippen LogP contribution in [0.25, 0.3) is 0 Å². The van der Waals surface area contributed by atoms with Gasteiger partial charge in [0.25, 0.3) is 0 Å². The summed E-state index contributed by atoms with van der Waals surface area (Å²) in [5, 5.41) is 4.92. The molecule has 0 bridgehead atoms. The molecule has 2 heterocycles. The van der Waals surface area contributed by atoms with E-state index in [1.54, 1.807) is 0 Å². The van der Waals surface area contributed by atoms with Crippen LogP contribution in [0.15, 0.2) is 29.6 Å². The molecule has 5 heteroatoms. The van der Waals surface area contributed by atoms with Crippen molar-refractivity contribution in [2.45, 2.75) is 46.1 Å². The van der Waals surface area contributed by atoms with Gasteiger partial charge in [0.1, 0.15) is 0 Å². The third kappa shape index (κ3) is 5.01. The topological polar surface area (TPSA) is 46.2 Å². The van der Waals surface area contributed by atoms with Gasteiger partial charge in [-0.05, 0) is 36.4 Å². The fourth-order valence-corrected chi connectivity index (χ4v) is 4.19. The Hall–Kier alpha value is -1.46. The van der Waals surface area contributed by atoms with E-state index in [-0.39, 0.29) is 17.6 Å². The minimum absolute atomic E-state index is 0.0671. The molecule has 1 amide bonds. The van der Waals surface area contributed by atoms with Gasteiger partial charge in [-0.15, -0.1) is 22.7 Å². The average molecular weight is 350 g/mol. The second-order valence-electron chi connectivity index (χ2n) is 5.56. The molecule has 0 aliphatic carbocycles. The van der Waals surface area contributed by atoms with Crippen LogP contribution in [0.5, 0.6) is 0 Å². The smallest absolute Gasteiger partial charge is 0.223 e. The zero-order valence-electron chi connectivity index (χ0n) is 13.6. The predicted molar refractivity (Wildman–Crippen MR) is 97.2 cm³/mol. The van der Waals surface area contributed by atoms with Crippen LogP contribution in [0.1, 0.15) is 59.0 Å². The molecule has 2 rings (SSSR count). The van der Waals surface area contributed by atoms with E-state index in [2.05, 4.69) is 19.2 Å². The highest BCUT2D eigenvalue weighted by Crippen LogP contribution is 2.22. The largest absolute Gasteiger partial charge is 0.351 e. The first-order valence-electron chi connectivity index (χ1n) is 8.10. The molecule has 124 valence electrons. The van der Waals surface area contributed by atoms with E-state index in [0.717, 1.165) is 40.3 Å². The Morgan fingerprint density at radius 1 is 1.09 bits per heavy atom. The van der Waals surface area contributed by atoms with Gasteiger partial charge in [0.2, 0.25) is 11.7 Å². The lowest BCUT2D eigenvalue weighted by Crippen LogP contribution is -2.30. The summed E-state index contributed by atoms with van der Waals surface area (Å²) in [6.45, 7) is 4.72. The molecule has 2 aromatic rings. The Bertz CT molecular complexity index is 625. The fourth-order valence-electron chi connectivity index (χ4n) is 2.55. The summed E-state index contributed by atoms with van der Waals surface area (Å²) in [5.74, 6) is 0.308. The second-order valence-corrected chi connectivity index (χ2v) is 7.68. The first-order valence-corrected chi connectivity index (χ1v) is 9.79. The van der Waals surface area contributed by atoms with Crippen LogP contribution in [-0.4, -0.2) is 11.7 Å². The minimum Gasteiger partial charge on any atom is -0.351 e. The lowest BCUT2D eigenvalue weighted by molar-refractivity contribution is -0.125. The highest BCUT2D eigenvalue weighted by Gasteiger charge is 2.17. The van der Waals surface area contributed by atoms with Gasteiger partial charge in [0, 0.05) is 10.8 Å². The Balaban J connectivity index is 1.91. The van der Waals surface area contributed by atoms with Crippen molar-refractivity contribution in [3.8, 4) is 0 Å². The van der Waals surface area contributed by atoms with E-state index in [1.807, 2.05) is 29.6 Å². The number of hydrogen-bond donors (Lipinski definition) is 1. The van der Waals surface area contributed by atoms with Gasteiger partial charge in [0.05, 0.1) is 16.3 Å². The monoisotopic (exact) mass is 349 g/mol. The molecule has 0 radical (unpaired) electrons. The molecular weight excluding hydrogens is 326 g/mol. The number of carbonyl (C=O) groups is 2. The number of ketones is 1. The van der Waals surface area contributed by atoms with Gasteiger partial charge >= 0.3 is 0 Å². The molecule has 23 heavy (non-hydrogen) atoms. The van der Waals surface area contributed by atoms with Crippen molar-refractivity contribution in [3.05, 3.63) is 44.3 Å². The lowest BCUT2D eigenvalue weighted by Gasteiger charge is -2.14. The summed E-state index contributed by atoms with van der Waals surface area (Å²) in [5.41, 5.74) is 0. The molecular formula is C18H23NO2S2. The zero-order chi connectivity index (χ0) is 16.7. The fraction of sp³-hybridized carbons (Fsp3) is 0.444. The van der Waals surface area contributed by atoms with Gasteiger partial charge in [-0.25, -0.2) is 0 Å². The average Bonchev–Trinajstić information content (AvgIpc) is 3.23. The maximum Gasteiger partial charge on any atom is 0.223 e. The van der Waals surface area contributed by atoms with E-state index in [4.69, 9.17) is 0 Å². The molecule has 0 aromatic carbocycles. The standard InChI is InChI=1S/C18H23NO2S2/c1-3-6-13(7-4-2)18(21)19-12-14-9-10-16(23-14)17(20)15-8-5-11-22-15/h5,8-11,13H,3-4,6-7,12H2,1-2H3,(H,19,21). The van der Waals surface area contributed by atoms with Gasteiger partial charge in [-0.3, -0.25) is 9.59 Å². The van der Waals surface area contributed by atoms with Crippen molar-refractivity contribution < 1.29 is 9.59 Å². The summed E-state index contributed by atoms with van der Waals surface area (Å²) in [4.78, 5) is 27.0. The van der Waals surface area contributed by atoms with Crippen LogP contribution in [-0.2, 0) is 11.3 Å². The number of carbonyl (C=O) groups excluding carboxylic acids is 2. The van der Waals surface area contributed by atoms with Crippen LogP contribution in [0.4, 0.5) is 0 Å². The third-order valence-corrected chi connectivity index (χ3v) is 5.66. The van der Waals surface area contributed by atoms with Crippen molar-refractivity contribution >= 4 is 34.4 Å². The zero-order valence-corrected chi connectivity index (χ0v) is 15.3. The summed E-state index contributed by atoms with van der Waals surface area (Å²) in [6, 6.07) is 7.51. The maximum atomic E-state index is 12.3. The van der Waals surface area contributed by atoms with Crippen molar-refractivity contribution in [1.82, 2.24) is 5.32 Å². The van der Waals surface area contributed by atoms with E-state index in [9.17, 15) is 9.59 Å². The van der Waals surface area contributed by atoms with E-state index in [0.29, 0.717) is 6.54 Å². The number of rotatable bonds is 9. The van der Waals surface area contributed by atoms with Crippen LogP contribution in [0.2, 0.25) is 0 Å². The van der Waals surface area contributed by atoms with Gasteiger partial charge in [0.15, 0.2) is 0 Å². The molecule has 0 saturated carbocycles.